The number of nitriles is 1. The molecule has 1 aromatic rings. The molecule has 0 spiro atoms. The molecule has 0 amide bonds. The fraction of sp³-hybridized carbons (Fsp3) is 0.462. The van der Waals surface area contributed by atoms with Gasteiger partial charge in [0.25, 0.3) is 0 Å². The summed E-state index contributed by atoms with van der Waals surface area (Å²) in [6, 6.07) is 6.85. The molecule has 2 rings (SSSR count). The fourth-order valence-electron chi connectivity index (χ4n) is 2.21. The molecule has 1 atom stereocenters. The summed E-state index contributed by atoms with van der Waals surface area (Å²) in [5.41, 5.74) is 1.12. The number of hydrogen-bond acceptors (Lipinski definition) is 3. The lowest BCUT2D eigenvalue weighted by molar-refractivity contribution is 0.464. The van der Waals surface area contributed by atoms with Crippen LogP contribution < -0.4 is 0 Å². The van der Waals surface area contributed by atoms with Crippen molar-refractivity contribution in [2.24, 2.45) is 5.92 Å². The number of aryl methyl sites for hydroxylation is 1. The number of nitrogens with zero attached hydrogens (tertiary/aromatic N) is 2. The van der Waals surface area contributed by atoms with Gasteiger partial charge in [0.15, 0.2) is 0 Å². The van der Waals surface area contributed by atoms with Crippen molar-refractivity contribution in [1.29, 1.82) is 5.26 Å². The Balaban J connectivity index is 2.45. The smallest absolute Gasteiger partial charge is 0.207 e. The maximum Gasteiger partial charge on any atom is 0.244 e. The predicted octanol–water partition coefficient (Wildman–Crippen LogP) is 1.90. The summed E-state index contributed by atoms with van der Waals surface area (Å²) >= 11 is 0. The lowest BCUT2D eigenvalue weighted by Gasteiger charge is -2.17. The van der Waals surface area contributed by atoms with Gasteiger partial charge < -0.3 is 0 Å². The van der Waals surface area contributed by atoms with Gasteiger partial charge in [0.2, 0.25) is 10.0 Å². The van der Waals surface area contributed by atoms with Gasteiger partial charge >= 0.3 is 0 Å². The molecule has 1 aliphatic heterocycles. The Hall–Kier alpha value is -1.38. The molecule has 1 fully saturated rings. The minimum absolute atomic E-state index is 0.129. The predicted molar refractivity (Wildman–Crippen MR) is 68.4 cm³/mol. The highest BCUT2D eigenvalue weighted by atomic mass is 32.2. The second-order valence-corrected chi connectivity index (χ2v) is 6.77. The standard InChI is InChI=1S/C13H16N2O2S/c1-10-3-4-13(12(7-10)8-14)18(16,17)15-6-5-11(2)9-15/h3-4,7,11H,5-6,9H2,1-2H3. The van der Waals surface area contributed by atoms with Gasteiger partial charge in [0, 0.05) is 13.1 Å². The molecule has 5 heteroatoms. The molecule has 1 heterocycles. The van der Waals surface area contributed by atoms with Crippen molar-refractivity contribution >= 4 is 10.0 Å². The molecular weight excluding hydrogens is 248 g/mol. The van der Waals surface area contributed by atoms with E-state index in [0.29, 0.717) is 19.0 Å². The SMILES string of the molecule is Cc1ccc(S(=O)(=O)N2CCC(C)C2)c(C#N)c1. The molecule has 4 nitrogen and oxygen atoms in total. The molecule has 96 valence electrons. The van der Waals surface area contributed by atoms with Crippen LogP contribution in [0.3, 0.4) is 0 Å². The number of benzene rings is 1. The molecule has 0 radical (unpaired) electrons. The number of sulfonamides is 1. The molecule has 1 unspecified atom stereocenters. The highest BCUT2D eigenvalue weighted by molar-refractivity contribution is 7.89. The maximum absolute atomic E-state index is 12.4. The molecular formula is C13H16N2O2S. The van der Waals surface area contributed by atoms with E-state index >= 15 is 0 Å². The largest absolute Gasteiger partial charge is 0.244 e. The lowest BCUT2D eigenvalue weighted by Crippen LogP contribution is -2.29. The van der Waals surface area contributed by atoms with E-state index in [9.17, 15) is 8.42 Å². The van der Waals surface area contributed by atoms with Crippen molar-refractivity contribution in [3.05, 3.63) is 29.3 Å². The lowest BCUT2D eigenvalue weighted by atomic mass is 10.2. The van der Waals surface area contributed by atoms with Crippen LogP contribution in [0.5, 0.6) is 0 Å². The Morgan fingerprint density at radius 3 is 2.72 bits per heavy atom. The zero-order chi connectivity index (χ0) is 13.3. The van der Waals surface area contributed by atoms with Crippen molar-refractivity contribution in [2.75, 3.05) is 13.1 Å². The van der Waals surface area contributed by atoms with Gasteiger partial charge in [0.05, 0.1) is 10.5 Å². The van der Waals surface area contributed by atoms with E-state index in [1.54, 1.807) is 12.1 Å². The van der Waals surface area contributed by atoms with Crippen molar-refractivity contribution in [1.82, 2.24) is 4.31 Å². The molecule has 1 aliphatic rings. The van der Waals surface area contributed by atoms with E-state index in [1.165, 1.54) is 10.4 Å². The van der Waals surface area contributed by atoms with E-state index in [-0.39, 0.29) is 10.5 Å². The third-order valence-electron chi connectivity index (χ3n) is 3.26. The molecule has 0 saturated carbocycles. The van der Waals surface area contributed by atoms with Crippen molar-refractivity contribution < 1.29 is 8.42 Å². The van der Waals surface area contributed by atoms with Crippen LogP contribution in [0.2, 0.25) is 0 Å². The molecule has 0 bridgehead atoms. The summed E-state index contributed by atoms with van der Waals surface area (Å²) in [6.07, 6.45) is 0.882. The molecule has 0 aliphatic carbocycles. The second kappa shape index (κ2) is 4.71. The van der Waals surface area contributed by atoms with Gasteiger partial charge in [0.1, 0.15) is 6.07 Å². The van der Waals surface area contributed by atoms with E-state index in [4.69, 9.17) is 5.26 Å². The first-order valence-electron chi connectivity index (χ1n) is 5.96. The quantitative estimate of drug-likeness (QED) is 0.819. The van der Waals surface area contributed by atoms with Gasteiger partial charge in [-0.05, 0) is 37.0 Å². The van der Waals surface area contributed by atoms with Crippen LogP contribution >= 0.6 is 0 Å². The summed E-state index contributed by atoms with van der Waals surface area (Å²) in [5.74, 6) is 0.385. The summed E-state index contributed by atoms with van der Waals surface area (Å²) in [7, 11) is -3.52. The minimum atomic E-state index is -3.52. The van der Waals surface area contributed by atoms with E-state index < -0.39 is 10.0 Å². The fourth-order valence-corrected chi connectivity index (χ4v) is 3.91. The first-order valence-corrected chi connectivity index (χ1v) is 7.40. The van der Waals surface area contributed by atoms with Crippen molar-refractivity contribution in [3.8, 4) is 6.07 Å². The van der Waals surface area contributed by atoms with Crippen LogP contribution in [0.1, 0.15) is 24.5 Å². The minimum Gasteiger partial charge on any atom is -0.207 e. The van der Waals surface area contributed by atoms with Gasteiger partial charge in [-0.1, -0.05) is 13.0 Å². The average Bonchev–Trinajstić information content (AvgIpc) is 2.76. The van der Waals surface area contributed by atoms with E-state index in [1.807, 2.05) is 19.9 Å². The van der Waals surface area contributed by atoms with E-state index in [2.05, 4.69) is 0 Å². The summed E-state index contributed by atoms with van der Waals surface area (Å²) in [4.78, 5) is 0.129. The number of rotatable bonds is 2. The number of hydrogen-bond donors (Lipinski definition) is 0. The van der Waals surface area contributed by atoms with Crippen molar-refractivity contribution in [3.63, 3.8) is 0 Å². The summed E-state index contributed by atoms with van der Waals surface area (Å²) in [5, 5.41) is 9.07. The van der Waals surface area contributed by atoms with Gasteiger partial charge in [-0.2, -0.15) is 9.57 Å². The third-order valence-corrected chi connectivity index (χ3v) is 5.18. The maximum atomic E-state index is 12.4. The first-order chi connectivity index (χ1) is 8.45. The first kappa shape index (κ1) is 13.1. The Bertz CT molecular complexity index is 602. The monoisotopic (exact) mass is 264 g/mol. The zero-order valence-corrected chi connectivity index (χ0v) is 11.4. The molecule has 1 saturated heterocycles. The van der Waals surface area contributed by atoms with Gasteiger partial charge in [-0.25, -0.2) is 8.42 Å². The average molecular weight is 264 g/mol. The Labute approximate surface area is 108 Å². The topological polar surface area (TPSA) is 61.2 Å². The summed E-state index contributed by atoms with van der Waals surface area (Å²) in [6.45, 7) is 4.97. The molecule has 0 N–H and O–H groups in total. The van der Waals surface area contributed by atoms with Crippen LogP contribution in [0.25, 0.3) is 0 Å². The second-order valence-electron chi connectivity index (χ2n) is 4.87. The third kappa shape index (κ3) is 2.26. The van der Waals surface area contributed by atoms with Crippen LogP contribution in [0.15, 0.2) is 23.1 Å². The van der Waals surface area contributed by atoms with Crippen LogP contribution in [0, 0.1) is 24.2 Å². The summed E-state index contributed by atoms with van der Waals surface area (Å²) < 4.78 is 26.4. The zero-order valence-electron chi connectivity index (χ0n) is 10.5. The van der Waals surface area contributed by atoms with Gasteiger partial charge in [-0.15, -0.1) is 0 Å². The Kier molecular flexibility index (Phi) is 3.42. The van der Waals surface area contributed by atoms with Crippen molar-refractivity contribution in [2.45, 2.75) is 25.2 Å². The van der Waals surface area contributed by atoms with E-state index in [0.717, 1.165) is 12.0 Å². The molecule has 1 aromatic carbocycles. The highest BCUT2D eigenvalue weighted by Gasteiger charge is 2.32. The highest BCUT2D eigenvalue weighted by Crippen LogP contribution is 2.26. The van der Waals surface area contributed by atoms with Crippen LogP contribution in [-0.4, -0.2) is 25.8 Å². The van der Waals surface area contributed by atoms with Crippen LogP contribution in [0.4, 0.5) is 0 Å². The van der Waals surface area contributed by atoms with Crippen LogP contribution in [-0.2, 0) is 10.0 Å². The molecule has 18 heavy (non-hydrogen) atoms. The Morgan fingerprint density at radius 1 is 1.44 bits per heavy atom. The Morgan fingerprint density at radius 2 is 2.17 bits per heavy atom. The van der Waals surface area contributed by atoms with Gasteiger partial charge in [-0.3, -0.25) is 0 Å². The normalized spacial score (nSPS) is 20.8. The molecule has 0 aromatic heterocycles.